The minimum atomic E-state index is -2.40. The van der Waals surface area contributed by atoms with Gasteiger partial charge in [-0.1, -0.05) is 6.92 Å². The summed E-state index contributed by atoms with van der Waals surface area (Å²) in [6.07, 6.45) is 0. The summed E-state index contributed by atoms with van der Waals surface area (Å²) in [4.78, 5) is 16.7. The molecule has 0 aliphatic rings. The quantitative estimate of drug-likeness (QED) is 0.420. The minimum Gasteiger partial charge on any atom is -0.396 e. The van der Waals surface area contributed by atoms with Crippen molar-refractivity contribution in [2.24, 2.45) is 5.41 Å². The molecule has 0 radical (unpaired) electrons. The van der Waals surface area contributed by atoms with Crippen molar-refractivity contribution in [1.82, 2.24) is 0 Å². The number of rotatable bonds is 5. The van der Waals surface area contributed by atoms with E-state index in [1.54, 1.807) is 6.92 Å². The van der Waals surface area contributed by atoms with Crippen LogP contribution in [0.4, 0.5) is 0 Å². The van der Waals surface area contributed by atoms with Crippen LogP contribution in [0, 0.1) is 5.41 Å². The second kappa shape index (κ2) is 4.98. The number of hydrogen-bond donors (Lipinski definition) is 4. The maximum Gasteiger partial charge on any atom is 0.327 e. The van der Waals surface area contributed by atoms with Gasteiger partial charge in [-0.25, -0.2) is 0 Å². The zero-order chi connectivity index (χ0) is 8.91. The van der Waals surface area contributed by atoms with E-state index in [9.17, 15) is 0 Å². The van der Waals surface area contributed by atoms with Gasteiger partial charge in [-0.15, -0.1) is 0 Å². The van der Waals surface area contributed by atoms with Gasteiger partial charge in [0.1, 0.15) is 0 Å². The Morgan fingerprint density at radius 3 is 2.00 bits per heavy atom. The van der Waals surface area contributed by atoms with Crippen LogP contribution in [0.3, 0.4) is 0 Å². The van der Waals surface area contributed by atoms with Gasteiger partial charge in [-0.05, 0) is 0 Å². The zero-order valence-electron chi connectivity index (χ0n) is 6.27. The monoisotopic (exact) mass is 184 g/mol. The van der Waals surface area contributed by atoms with Crippen molar-refractivity contribution in [1.29, 1.82) is 0 Å². The van der Waals surface area contributed by atoms with E-state index in [0.717, 1.165) is 0 Å². The van der Waals surface area contributed by atoms with Crippen molar-refractivity contribution in [2.45, 2.75) is 6.92 Å². The lowest BCUT2D eigenvalue weighted by molar-refractivity contribution is 0.0250. The second-order valence-electron chi connectivity index (χ2n) is 2.65. The molecular formula is C5H13O5P. The largest absolute Gasteiger partial charge is 0.396 e. The molecule has 0 spiro atoms. The van der Waals surface area contributed by atoms with E-state index in [1.807, 2.05) is 0 Å². The Hall–Kier alpha value is 0.230. The molecule has 0 saturated carbocycles. The fourth-order valence-electron chi connectivity index (χ4n) is 0.355. The maximum atomic E-state index is 8.70. The number of hydrogen-bond acceptors (Lipinski definition) is 5. The third-order valence-electron chi connectivity index (χ3n) is 1.29. The maximum absolute atomic E-state index is 8.70. The first-order valence-corrected chi connectivity index (χ1v) is 4.23. The molecule has 0 aromatic carbocycles. The van der Waals surface area contributed by atoms with E-state index >= 15 is 0 Å². The summed E-state index contributed by atoms with van der Waals surface area (Å²) in [5, 5.41) is 17.4. The summed E-state index contributed by atoms with van der Waals surface area (Å²) in [6, 6.07) is 0. The highest BCUT2D eigenvalue weighted by atomic mass is 31.2. The van der Waals surface area contributed by atoms with Gasteiger partial charge in [0.05, 0.1) is 19.8 Å². The highest BCUT2D eigenvalue weighted by Gasteiger charge is 2.24. The molecule has 0 bridgehead atoms. The van der Waals surface area contributed by atoms with Crippen LogP contribution in [0.5, 0.6) is 0 Å². The Morgan fingerprint density at radius 2 is 1.73 bits per heavy atom. The van der Waals surface area contributed by atoms with E-state index in [4.69, 9.17) is 20.0 Å². The molecule has 0 aliphatic carbocycles. The molecule has 4 N–H and O–H groups in total. The fraction of sp³-hybridized carbons (Fsp3) is 1.00. The molecule has 0 heterocycles. The lowest BCUT2D eigenvalue weighted by Crippen LogP contribution is -2.30. The molecule has 0 rings (SSSR count). The molecule has 0 aromatic heterocycles. The third-order valence-corrected chi connectivity index (χ3v) is 1.65. The summed E-state index contributed by atoms with van der Waals surface area (Å²) in [7, 11) is -2.40. The highest BCUT2D eigenvalue weighted by molar-refractivity contribution is 7.39. The van der Waals surface area contributed by atoms with Crippen molar-refractivity contribution in [2.75, 3.05) is 19.8 Å². The van der Waals surface area contributed by atoms with Gasteiger partial charge in [0.25, 0.3) is 0 Å². The first kappa shape index (κ1) is 11.2. The Balaban J connectivity index is 3.69. The molecule has 11 heavy (non-hydrogen) atoms. The molecule has 0 aliphatic heterocycles. The predicted octanol–water partition coefficient (Wildman–Crippen LogP) is -0.795. The normalized spacial score (nSPS) is 12.5. The third kappa shape index (κ3) is 4.63. The van der Waals surface area contributed by atoms with Crippen molar-refractivity contribution >= 4 is 8.60 Å². The van der Waals surface area contributed by atoms with Gasteiger partial charge < -0.3 is 24.5 Å². The Labute approximate surface area is 66.2 Å². The standard InChI is InChI=1S/C5H13O5P/c1-5(2-6,3-7)4-10-11(8)9/h6-9H,2-4H2,1H3. The second-order valence-corrected chi connectivity index (χ2v) is 3.42. The van der Waals surface area contributed by atoms with E-state index in [2.05, 4.69) is 4.52 Å². The van der Waals surface area contributed by atoms with Gasteiger partial charge in [-0.2, -0.15) is 0 Å². The Bertz CT molecular complexity index is 103. The summed E-state index contributed by atoms with van der Waals surface area (Å²) >= 11 is 0. The summed E-state index contributed by atoms with van der Waals surface area (Å²) in [5.74, 6) is 0. The molecular weight excluding hydrogens is 171 g/mol. The van der Waals surface area contributed by atoms with Crippen LogP contribution >= 0.6 is 8.60 Å². The summed E-state index contributed by atoms with van der Waals surface area (Å²) in [5.41, 5.74) is -0.800. The fourth-order valence-corrected chi connectivity index (χ4v) is 0.782. The van der Waals surface area contributed by atoms with E-state index in [-0.39, 0.29) is 19.8 Å². The van der Waals surface area contributed by atoms with Crippen molar-refractivity contribution in [3.8, 4) is 0 Å². The van der Waals surface area contributed by atoms with Crippen molar-refractivity contribution < 1.29 is 24.5 Å². The van der Waals surface area contributed by atoms with Crippen LogP contribution in [-0.2, 0) is 4.52 Å². The van der Waals surface area contributed by atoms with Crippen LogP contribution in [-0.4, -0.2) is 39.8 Å². The van der Waals surface area contributed by atoms with E-state index < -0.39 is 14.0 Å². The van der Waals surface area contributed by atoms with Crippen LogP contribution < -0.4 is 0 Å². The van der Waals surface area contributed by atoms with E-state index in [0.29, 0.717) is 0 Å². The first-order chi connectivity index (χ1) is 5.04. The molecule has 0 fully saturated rings. The lowest BCUT2D eigenvalue weighted by atomic mass is 9.95. The average molecular weight is 184 g/mol. The van der Waals surface area contributed by atoms with Crippen LogP contribution in [0.15, 0.2) is 0 Å². The Morgan fingerprint density at radius 1 is 1.27 bits per heavy atom. The predicted molar refractivity (Wildman–Crippen MR) is 39.6 cm³/mol. The van der Waals surface area contributed by atoms with Gasteiger partial charge in [-0.3, -0.25) is 0 Å². The molecule has 6 heteroatoms. The summed E-state index contributed by atoms with van der Waals surface area (Å²) in [6.45, 7) is 0.990. The van der Waals surface area contributed by atoms with Crippen LogP contribution in [0.1, 0.15) is 6.92 Å². The van der Waals surface area contributed by atoms with Gasteiger partial charge >= 0.3 is 8.60 Å². The molecule has 5 nitrogen and oxygen atoms in total. The SMILES string of the molecule is CC(CO)(CO)COP(O)O. The van der Waals surface area contributed by atoms with Gasteiger partial charge in [0.15, 0.2) is 0 Å². The molecule has 0 aromatic rings. The number of aliphatic hydroxyl groups is 2. The minimum absolute atomic E-state index is 0.0707. The number of aliphatic hydroxyl groups excluding tert-OH is 2. The molecule has 68 valence electrons. The van der Waals surface area contributed by atoms with E-state index in [1.165, 1.54) is 0 Å². The highest BCUT2D eigenvalue weighted by Crippen LogP contribution is 2.28. The van der Waals surface area contributed by atoms with Crippen LogP contribution in [0.2, 0.25) is 0 Å². The molecule has 0 amide bonds. The molecule has 0 unspecified atom stereocenters. The molecule has 0 saturated heterocycles. The Kier molecular flexibility index (Phi) is 5.08. The van der Waals surface area contributed by atoms with Gasteiger partial charge in [0.2, 0.25) is 0 Å². The zero-order valence-corrected chi connectivity index (χ0v) is 7.16. The topological polar surface area (TPSA) is 90.2 Å². The van der Waals surface area contributed by atoms with Crippen molar-refractivity contribution in [3.05, 3.63) is 0 Å². The molecule has 0 atom stereocenters. The van der Waals surface area contributed by atoms with Crippen LogP contribution in [0.25, 0.3) is 0 Å². The van der Waals surface area contributed by atoms with Crippen molar-refractivity contribution in [3.63, 3.8) is 0 Å². The average Bonchev–Trinajstić information content (AvgIpc) is 2.00. The smallest absolute Gasteiger partial charge is 0.327 e. The van der Waals surface area contributed by atoms with Gasteiger partial charge in [0, 0.05) is 5.41 Å². The lowest BCUT2D eigenvalue weighted by Gasteiger charge is -2.23. The summed E-state index contributed by atoms with van der Waals surface area (Å²) < 4.78 is 4.44. The first-order valence-electron chi connectivity index (χ1n) is 3.06.